The van der Waals surface area contributed by atoms with Crippen molar-refractivity contribution in [3.05, 3.63) is 93.7 Å². The number of hydrogen-bond acceptors (Lipinski definition) is 6. The highest BCUT2D eigenvalue weighted by atomic mass is 79.9. The third kappa shape index (κ3) is 9.39. The number of pyridine rings is 1. The summed E-state index contributed by atoms with van der Waals surface area (Å²) in [7, 11) is 1.93. The van der Waals surface area contributed by atoms with Crippen LogP contribution in [-0.4, -0.2) is 55.4 Å². The fourth-order valence-corrected chi connectivity index (χ4v) is 4.69. The fourth-order valence-electron chi connectivity index (χ4n) is 4.42. The van der Waals surface area contributed by atoms with Crippen LogP contribution in [0.15, 0.2) is 71.5 Å². The van der Waals surface area contributed by atoms with Crippen LogP contribution in [0.2, 0.25) is 0 Å². The van der Waals surface area contributed by atoms with E-state index in [0.717, 1.165) is 27.8 Å². The largest absolute Gasteiger partial charge is 0.370 e. The van der Waals surface area contributed by atoms with Crippen molar-refractivity contribution in [2.24, 2.45) is 5.92 Å². The second-order valence-corrected chi connectivity index (χ2v) is 11.8. The fraction of sp³-hybridized carbons (Fsp3) is 0.375. The molecule has 1 fully saturated rings. The molecule has 0 bridgehead atoms. The van der Waals surface area contributed by atoms with Gasteiger partial charge in [0, 0.05) is 66.9 Å². The molecular formula is C32H39BrN6O3. The summed E-state index contributed by atoms with van der Waals surface area (Å²) < 4.78 is 0.997. The van der Waals surface area contributed by atoms with Gasteiger partial charge in [-0.2, -0.15) is 0 Å². The molecule has 1 aromatic heterocycles. The van der Waals surface area contributed by atoms with Crippen LogP contribution < -0.4 is 26.2 Å². The van der Waals surface area contributed by atoms with Gasteiger partial charge in [0.15, 0.2) is 0 Å². The van der Waals surface area contributed by atoms with E-state index in [1.165, 1.54) is 12.8 Å². The van der Waals surface area contributed by atoms with Crippen LogP contribution in [0.1, 0.15) is 64.6 Å². The molecule has 4 rings (SSSR count). The summed E-state index contributed by atoms with van der Waals surface area (Å²) in [6, 6.07) is 16.3. The first kappa shape index (κ1) is 31.2. The number of carbonyl (C=O) groups is 3. The minimum atomic E-state index is -0.353. The molecule has 3 aromatic rings. The van der Waals surface area contributed by atoms with Crippen molar-refractivity contribution in [2.75, 3.05) is 31.6 Å². The van der Waals surface area contributed by atoms with E-state index < -0.39 is 0 Å². The van der Waals surface area contributed by atoms with Crippen molar-refractivity contribution in [3.63, 3.8) is 0 Å². The van der Waals surface area contributed by atoms with Gasteiger partial charge in [0.25, 0.3) is 11.8 Å². The first-order valence-corrected chi connectivity index (χ1v) is 15.1. The number of anilines is 1. The lowest BCUT2D eigenvalue weighted by Gasteiger charge is -2.22. The number of amides is 3. The smallest absolute Gasteiger partial charge is 0.251 e. The molecule has 4 N–H and O–H groups in total. The highest BCUT2D eigenvalue weighted by molar-refractivity contribution is 9.10. The molecule has 1 saturated carbocycles. The zero-order valence-electron chi connectivity index (χ0n) is 24.3. The first-order chi connectivity index (χ1) is 20.2. The zero-order valence-corrected chi connectivity index (χ0v) is 25.9. The number of halogens is 1. The summed E-state index contributed by atoms with van der Waals surface area (Å²) in [5.41, 5.74) is 3.48. The maximum atomic E-state index is 13.3. The van der Waals surface area contributed by atoms with Gasteiger partial charge in [0.2, 0.25) is 5.91 Å². The molecule has 2 unspecified atom stereocenters. The van der Waals surface area contributed by atoms with Crippen LogP contribution in [0.5, 0.6) is 0 Å². The highest BCUT2D eigenvalue weighted by Crippen LogP contribution is 2.27. The van der Waals surface area contributed by atoms with Gasteiger partial charge in [-0.05, 0) is 80.1 Å². The number of aromatic nitrogens is 1. The molecule has 10 heteroatoms. The van der Waals surface area contributed by atoms with Crippen LogP contribution in [0, 0.1) is 5.92 Å². The van der Waals surface area contributed by atoms with Gasteiger partial charge >= 0.3 is 0 Å². The first-order valence-electron chi connectivity index (χ1n) is 14.3. The summed E-state index contributed by atoms with van der Waals surface area (Å²) >= 11 is 3.47. The quantitative estimate of drug-likeness (QED) is 0.198. The Morgan fingerprint density at radius 2 is 1.69 bits per heavy atom. The zero-order chi connectivity index (χ0) is 30.1. The number of hydrogen-bond donors (Lipinski definition) is 4. The van der Waals surface area contributed by atoms with E-state index in [1.54, 1.807) is 30.6 Å². The minimum absolute atomic E-state index is 0.0362. The van der Waals surface area contributed by atoms with Crippen LogP contribution in [-0.2, 0) is 11.3 Å². The summed E-state index contributed by atoms with van der Waals surface area (Å²) in [5.74, 6) is 0.00410. The molecule has 0 aliphatic heterocycles. The Hall–Kier alpha value is -3.76. The Morgan fingerprint density at radius 3 is 2.36 bits per heavy atom. The lowest BCUT2D eigenvalue weighted by molar-refractivity contribution is -0.122. The van der Waals surface area contributed by atoms with E-state index in [9.17, 15) is 14.4 Å². The number of rotatable bonds is 14. The van der Waals surface area contributed by atoms with Crippen LogP contribution in [0.3, 0.4) is 0 Å². The average Bonchev–Trinajstić information content (AvgIpc) is 3.83. The van der Waals surface area contributed by atoms with Gasteiger partial charge in [-0.3, -0.25) is 19.4 Å². The Bertz CT molecular complexity index is 1360. The lowest BCUT2D eigenvalue weighted by Crippen LogP contribution is -2.45. The predicted molar refractivity (Wildman–Crippen MR) is 168 cm³/mol. The molecule has 1 aliphatic carbocycles. The van der Waals surface area contributed by atoms with Gasteiger partial charge in [-0.1, -0.05) is 34.1 Å². The standard InChI is InChI=1S/C32H39BrN6O3/c1-21(25-5-4-12-34-19-25)38-32(42)27-15-26(16-29(17-27)39(3)20-24-8-10-28(33)11-9-24)31(41)36-14-13-35-22(2)30(40)37-18-23-6-7-23/h4-5,8-12,15-17,19,21-23,35H,6-7,13-14,18,20H2,1-3H3,(H,36,41)(H,37,40)(H,38,42). The summed E-state index contributed by atoms with van der Waals surface area (Å²) in [4.78, 5) is 44.9. The van der Waals surface area contributed by atoms with E-state index >= 15 is 0 Å². The maximum Gasteiger partial charge on any atom is 0.251 e. The second kappa shape index (κ2) is 14.9. The van der Waals surface area contributed by atoms with Crippen LogP contribution in [0.25, 0.3) is 0 Å². The lowest BCUT2D eigenvalue weighted by atomic mass is 10.1. The third-order valence-corrected chi connectivity index (χ3v) is 7.79. The van der Waals surface area contributed by atoms with Gasteiger partial charge in [-0.15, -0.1) is 0 Å². The van der Waals surface area contributed by atoms with Crippen molar-refractivity contribution in [3.8, 4) is 0 Å². The van der Waals surface area contributed by atoms with E-state index in [2.05, 4.69) is 42.2 Å². The van der Waals surface area contributed by atoms with Crippen molar-refractivity contribution >= 4 is 39.3 Å². The van der Waals surface area contributed by atoms with Gasteiger partial charge < -0.3 is 26.2 Å². The SMILES string of the molecule is CC(NCCNC(=O)c1cc(C(=O)NC(C)c2cccnc2)cc(N(C)Cc2ccc(Br)cc2)c1)C(=O)NCC1CC1. The van der Waals surface area contributed by atoms with E-state index in [1.807, 2.05) is 62.2 Å². The molecule has 2 atom stereocenters. The Morgan fingerprint density at radius 1 is 0.976 bits per heavy atom. The minimum Gasteiger partial charge on any atom is -0.370 e. The summed E-state index contributed by atoms with van der Waals surface area (Å²) in [6.07, 6.45) is 5.77. The highest BCUT2D eigenvalue weighted by Gasteiger charge is 2.23. The second-order valence-electron chi connectivity index (χ2n) is 10.9. The molecule has 2 aromatic carbocycles. The predicted octanol–water partition coefficient (Wildman–Crippen LogP) is 4.21. The number of benzene rings is 2. The Balaban J connectivity index is 1.43. The topological polar surface area (TPSA) is 115 Å². The molecule has 0 radical (unpaired) electrons. The van der Waals surface area contributed by atoms with Gasteiger partial charge in [0.1, 0.15) is 0 Å². The number of nitrogens with zero attached hydrogens (tertiary/aromatic N) is 2. The van der Waals surface area contributed by atoms with E-state index in [4.69, 9.17) is 0 Å². The van der Waals surface area contributed by atoms with Crippen LogP contribution >= 0.6 is 15.9 Å². The maximum absolute atomic E-state index is 13.3. The Kier molecular flexibility index (Phi) is 11.1. The molecule has 0 spiro atoms. The van der Waals surface area contributed by atoms with E-state index in [0.29, 0.717) is 36.7 Å². The van der Waals surface area contributed by atoms with Crippen molar-refractivity contribution in [1.82, 2.24) is 26.3 Å². The normalized spacial score (nSPS) is 14.0. The molecule has 222 valence electrons. The molecule has 1 heterocycles. The molecular weight excluding hydrogens is 596 g/mol. The van der Waals surface area contributed by atoms with Crippen molar-refractivity contribution < 1.29 is 14.4 Å². The van der Waals surface area contributed by atoms with Crippen molar-refractivity contribution in [2.45, 2.75) is 45.3 Å². The average molecular weight is 636 g/mol. The molecule has 9 nitrogen and oxygen atoms in total. The van der Waals surface area contributed by atoms with E-state index in [-0.39, 0.29) is 29.8 Å². The molecule has 42 heavy (non-hydrogen) atoms. The third-order valence-electron chi connectivity index (χ3n) is 7.26. The monoisotopic (exact) mass is 634 g/mol. The van der Waals surface area contributed by atoms with Crippen molar-refractivity contribution in [1.29, 1.82) is 0 Å². The summed E-state index contributed by atoms with van der Waals surface area (Å²) in [6.45, 7) is 5.79. The number of carbonyl (C=O) groups excluding carboxylic acids is 3. The molecule has 0 saturated heterocycles. The summed E-state index contributed by atoms with van der Waals surface area (Å²) in [5, 5.41) is 12.0. The van der Waals surface area contributed by atoms with Crippen LogP contribution in [0.4, 0.5) is 5.69 Å². The Labute approximate surface area is 256 Å². The molecule has 1 aliphatic rings. The van der Waals surface area contributed by atoms with Gasteiger partial charge in [0.05, 0.1) is 12.1 Å². The molecule has 3 amide bonds. The number of nitrogens with one attached hydrogen (secondary N) is 4. The van der Waals surface area contributed by atoms with Gasteiger partial charge in [-0.25, -0.2) is 0 Å².